The Hall–Kier alpha value is -2.62. The van der Waals surface area contributed by atoms with Gasteiger partial charge >= 0.3 is 5.97 Å². The number of aromatic nitrogens is 2. The number of ether oxygens (including phenoxy) is 1. The molecule has 4 heteroatoms. The summed E-state index contributed by atoms with van der Waals surface area (Å²) in [5.41, 5.74) is 3.19. The minimum absolute atomic E-state index is 0.339. The van der Waals surface area contributed by atoms with Gasteiger partial charge in [0.15, 0.2) is 5.69 Å². The quantitative estimate of drug-likeness (QED) is 0.690. The zero-order valence-electron chi connectivity index (χ0n) is 12.0. The van der Waals surface area contributed by atoms with Gasteiger partial charge in [-0.05, 0) is 31.5 Å². The summed E-state index contributed by atoms with van der Waals surface area (Å²) in [4.78, 5) is 12.3. The van der Waals surface area contributed by atoms with Gasteiger partial charge in [-0.15, -0.1) is 0 Å². The zero-order chi connectivity index (χ0) is 14.8. The molecular weight excluding hydrogens is 264 g/mol. The minimum Gasteiger partial charge on any atom is -0.461 e. The van der Waals surface area contributed by atoms with E-state index in [1.165, 1.54) is 0 Å². The summed E-state index contributed by atoms with van der Waals surface area (Å²) in [7, 11) is 0. The molecule has 3 aromatic rings. The molecule has 0 unspecified atom stereocenters. The van der Waals surface area contributed by atoms with Crippen LogP contribution in [0.1, 0.15) is 23.0 Å². The largest absolute Gasteiger partial charge is 0.461 e. The van der Waals surface area contributed by atoms with Gasteiger partial charge in [-0.25, -0.2) is 9.48 Å². The third-order valence-electron chi connectivity index (χ3n) is 3.39. The van der Waals surface area contributed by atoms with Crippen molar-refractivity contribution >= 4 is 16.9 Å². The van der Waals surface area contributed by atoms with Crippen LogP contribution < -0.4 is 0 Å². The lowest BCUT2D eigenvalue weighted by atomic mass is 10.2. The normalized spacial score (nSPS) is 10.8. The maximum absolute atomic E-state index is 12.3. The van der Waals surface area contributed by atoms with E-state index in [0.717, 1.165) is 22.2 Å². The molecule has 0 aliphatic rings. The van der Waals surface area contributed by atoms with Crippen molar-refractivity contribution in [3.05, 3.63) is 59.8 Å². The van der Waals surface area contributed by atoms with Crippen molar-refractivity contribution in [2.75, 3.05) is 6.61 Å². The molecule has 106 valence electrons. The van der Waals surface area contributed by atoms with Gasteiger partial charge in [-0.1, -0.05) is 36.4 Å². The van der Waals surface area contributed by atoms with E-state index in [1.807, 2.05) is 55.5 Å². The second kappa shape index (κ2) is 5.40. The number of aryl methyl sites for hydroxylation is 1. The summed E-state index contributed by atoms with van der Waals surface area (Å²) in [6.07, 6.45) is 0. The Morgan fingerprint density at radius 3 is 2.62 bits per heavy atom. The van der Waals surface area contributed by atoms with Gasteiger partial charge in [-0.2, -0.15) is 5.10 Å². The Labute approximate surface area is 123 Å². The highest BCUT2D eigenvalue weighted by molar-refractivity contribution is 6.02. The van der Waals surface area contributed by atoms with Crippen LogP contribution in [0.4, 0.5) is 0 Å². The van der Waals surface area contributed by atoms with E-state index in [4.69, 9.17) is 4.74 Å². The molecule has 1 aromatic heterocycles. The highest BCUT2D eigenvalue weighted by Crippen LogP contribution is 2.24. The lowest BCUT2D eigenvalue weighted by molar-refractivity contribution is 0.0518. The summed E-state index contributed by atoms with van der Waals surface area (Å²) in [6.45, 7) is 4.14. The van der Waals surface area contributed by atoms with Crippen LogP contribution in [0.5, 0.6) is 0 Å². The molecule has 0 bridgehead atoms. The van der Waals surface area contributed by atoms with Crippen molar-refractivity contribution in [3.8, 4) is 5.69 Å². The van der Waals surface area contributed by atoms with Crippen LogP contribution in [0.2, 0.25) is 0 Å². The molecule has 0 aliphatic carbocycles. The van der Waals surface area contributed by atoms with Gasteiger partial charge in [0.1, 0.15) is 0 Å². The topological polar surface area (TPSA) is 44.1 Å². The second-order valence-electron chi connectivity index (χ2n) is 4.78. The Bertz CT molecular complexity index is 805. The number of nitrogens with zero attached hydrogens (tertiary/aromatic N) is 2. The monoisotopic (exact) mass is 280 g/mol. The Balaban J connectivity index is 2.29. The van der Waals surface area contributed by atoms with Gasteiger partial charge in [0.2, 0.25) is 0 Å². The SMILES string of the molecule is CCOC(=O)c1c2ccccc2nn1-c1ccccc1C. The van der Waals surface area contributed by atoms with Gasteiger partial charge in [0, 0.05) is 5.39 Å². The van der Waals surface area contributed by atoms with Crippen LogP contribution in [-0.4, -0.2) is 22.4 Å². The number of para-hydroxylation sites is 1. The number of esters is 1. The van der Waals surface area contributed by atoms with Crippen LogP contribution in [0, 0.1) is 6.92 Å². The third kappa shape index (κ3) is 2.29. The molecule has 1 heterocycles. The third-order valence-corrected chi connectivity index (χ3v) is 3.39. The molecule has 0 radical (unpaired) electrons. The Kier molecular flexibility index (Phi) is 3.44. The first-order chi connectivity index (χ1) is 10.2. The molecule has 0 atom stereocenters. The number of fused-ring (bicyclic) bond motifs is 1. The van der Waals surface area contributed by atoms with Crippen molar-refractivity contribution in [1.82, 2.24) is 9.78 Å². The molecular formula is C17H16N2O2. The van der Waals surface area contributed by atoms with E-state index in [9.17, 15) is 4.79 Å². The first-order valence-electron chi connectivity index (χ1n) is 6.93. The highest BCUT2D eigenvalue weighted by atomic mass is 16.5. The molecule has 4 nitrogen and oxygen atoms in total. The fourth-order valence-electron chi connectivity index (χ4n) is 2.40. The van der Waals surface area contributed by atoms with E-state index in [0.29, 0.717) is 12.3 Å². The highest BCUT2D eigenvalue weighted by Gasteiger charge is 2.20. The zero-order valence-corrected chi connectivity index (χ0v) is 12.0. The van der Waals surface area contributed by atoms with Crippen LogP contribution in [0.15, 0.2) is 48.5 Å². The fourth-order valence-corrected chi connectivity index (χ4v) is 2.40. The number of carbonyl (C=O) groups is 1. The molecule has 0 saturated heterocycles. The number of hydrogen-bond acceptors (Lipinski definition) is 3. The number of rotatable bonds is 3. The first-order valence-corrected chi connectivity index (χ1v) is 6.93. The summed E-state index contributed by atoms with van der Waals surface area (Å²) < 4.78 is 6.88. The summed E-state index contributed by atoms with van der Waals surface area (Å²) >= 11 is 0. The lowest BCUT2D eigenvalue weighted by Gasteiger charge is -2.09. The van der Waals surface area contributed by atoms with Crippen LogP contribution in [-0.2, 0) is 4.74 Å². The maximum Gasteiger partial charge on any atom is 0.357 e. The van der Waals surface area contributed by atoms with Crippen LogP contribution >= 0.6 is 0 Å². The molecule has 3 rings (SSSR count). The first kappa shape index (κ1) is 13.4. The molecule has 0 spiro atoms. The predicted octanol–water partition coefficient (Wildman–Crippen LogP) is 3.51. The molecule has 0 N–H and O–H groups in total. The summed E-state index contributed by atoms with van der Waals surface area (Å²) in [5.74, 6) is -0.352. The van der Waals surface area contributed by atoms with E-state index in [1.54, 1.807) is 11.6 Å². The van der Waals surface area contributed by atoms with Crippen molar-refractivity contribution in [1.29, 1.82) is 0 Å². The molecule has 21 heavy (non-hydrogen) atoms. The average molecular weight is 280 g/mol. The van der Waals surface area contributed by atoms with Crippen molar-refractivity contribution in [3.63, 3.8) is 0 Å². The van der Waals surface area contributed by atoms with E-state index in [-0.39, 0.29) is 5.97 Å². The molecule has 0 saturated carbocycles. The van der Waals surface area contributed by atoms with Gasteiger partial charge in [0.05, 0.1) is 17.8 Å². The van der Waals surface area contributed by atoms with Crippen molar-refractivity contribution in [2.45, 2.75) is 13.8 Å². The number of benzene rings is 2. The Morgan fingerprint density at radius 1 is 1.14 bits per heavy atom. The fraction of sp³-hybridized carbons (Fsp3) is 0.176. The summed E-state index contributed by atoms with van der Waals surface area (Å²) in [6, 6.07) is 15.4. The van der Waals surface area contributed by atoms with Gasteiger partial charge in [0.25, 0.3) is 0 Å². The van der Waals surface area contributed by atoms with Gasteiger partial charge < -0.3 is 4.74 Å². The molecule has 0 fully saturated rings. The average Bonchev–Trinajstić information content (AvgIpc) is 2.87. The Morgan fingerprint density at radius 2 is 1.86 bits per heavy atom. The van der Waals surface area contributed by atoms with Crippen molar-refractivity contribution in [2.24, 2.45) is 0 Å². The second-order valence-corrected chi connectivity index (χ2v) is 4.78. The molecule has 0 aliphatic heterocycles. The minimum atomic E-state index is -0.352. The summed E-state index contributed by atoms with van der Waals surface area (Å²) in [5, 5.41) is 5.37. The van der Waals surface area contributed by atoms with E-state index in [2.05, 4.69) is 5.10 Å². The smallest absolute Gasteiger partial charge is 0.357 e. The van der Waals surface area contributed by atoms with Gasteiger partial charge in [-0.3, -0.25) is 0 Å². The maximum atomic E-state index is 12.3. The predicted molar refractivity (Wildman–Crippen MR) is 81.8 cm³/mol. The van der Waals surface area contributed by atoms with E-state index < -0.39 is 0 Å². The molecule has 2 aromatic carbocycles. The number of carbonyl (C=O) groups excluding carboxylic acids is 1. The van der Waals surface area contributed by atoms with Crippen LogP contribution in [0.3, 0.4) is 0 Å². The van der Waals surface area contributed by atoms with Crippen LogP contribution in [0.25, 0.3) is 16.6 Å². The lowest BCUT2D eigenvalue weighted by Crippen LogP contribution is -2.13. The van der Waals surface area contributed by atoms with E-state index >= 15 is 0 Å². The number of hydrogen-bond donors (Lipinski definition) is 0. The standard InChI is InChI=1S/C17H16N2O2/c1-3-21-17(20)16-13-9-5-6-10-14(13)18-19(16)15-11-7-4-8-12(15)2/h4-11H,3H2,1-2H3. The van der Waals surface area contributed by atoms with Crippen molar-refractivity contribution < 1.29 is 9.53 Å². The molecule has 0 amide bonds.